The number of halogens is 4. The van der Waals surface area contributed by atoms with Crippen molar-refractivity contribution in [2.45, 2.75) is 127 Å². The molecule has 0 bridgehead atoms. The average Bonchev–Trinajstić information content (AvgIpc) is 4.07. The van der Waals surface area contributed by atoms with Crippen LogP contribution in [0.4, 0.5) is 18.0 Å². The van der Waals surface area contributed by atoms with Gasteiger partial charge in [-0.05, 0) is 82.8 Å². The number of nitrogens with one attached hydrogen (secondary N) is 3. The fraction of sp³-hybridized carbons (Fsp3) is 0.625. The van der Waals surface area contributed by atoms with Crippen LogP contribution in [0, 0.1) is 17.8 Å². The van der Waals surface area contributed by atoms with Gasteiger partial charge in [0.25, 0.3) is 5.91 Å². The first kappa shape index (κ1) is 44.2. The van der Waals surface area contributed by atoms with Gasteiger partial charge in [-0.1, -0.05) is 50.6 Å². The van der Waals surface area contributed by atoms with E-state index in [4.69, 9.17) is 25.8 Å². The second-order valence-electron chi connectivity index (χ2n) is 16.7. The Bertz CT molecular complexity index is 2100. The predicted octanol–water partition coefficient (Wildman–Crippen LogP) is 5.96. The molecule has 1 aromatic heterocycles. The summed E-state index contributed by atoms with van der Waals surface area (Å²) < 4.78 is 86.3. The number of amides is 4. The first-order valence-corrected chi connectivity index (χ1v) is 21.9. The fourth-order valence-corrected chi connectivity index (χ4v) is 9.25. The number of alkyl carbamates (subject to hydrolysis) is 1. The van der Waals surface area contributed by atoms with E-state index in [-0.39, 0.29) is 37.1 Å². The summed E-state index contributed by atoms with van der Waals surface area (Å²) in [6, 6.07) is 3.98. The Morgan fingerprint density at radius 3 is 2.51 bits per heavy atom. The van der Waals surface area contributed by atoms with Crippen molar-refractivity contribution in [3.63, 3.8) is 0 Å². The largest absolute Gasteiger partial charge is 0.478 e. The van der Waals surface area contributed by atoms with Crippen molar-refractivity contribution in [1.29, 1.82) is 0 Å². The van der Waals surface area contributed by atoms with Crippen molar-refractivity contribution >= 4 is 56.2 Å². The number of nitrogens with zero attached hydrogens (tertiary/aromatic N) is 2. The number of pyridine rings is 1. The molecule has 0 spiro atoms. The zero-order valence-corrected chi connectivity index (χ0v) is 35.1. The van der Waals surface area contributed by atoms with Crippen molar-refractivity contribution < 1.29 is 55.0 Å². The van der Waals surface area contributed by atoms with Gasteiger partial charge in [0.2, 0.25) is 39.2 Å². The molecule has 3 N–H and O–H groups in total. The third-order valence-electron chi connectivity index (χ3n) is 11.4. The third-order valence-corrected chi connectivity index (χ3v) is 13.6. The highest BCUT2D eigenvalue weighted by molar-refractivity contribution is 7.91. The SMILES string of the molecule is CCCOc1cc2c(Cl)cccc2c(O[C@@H]2C[C@H]3C(=O)N[C@]4(C(=O)NS(=O)(=O)C5CC5)CC4/C=C\CC[C@H](C)C[C@@H](C)[C@H](NC(=O)OC(C)(C)C(F)(F)F)C(=O)N3C2)n1. The molecule has 0 radical (unpaired) electrons. The lowest BCUT2D eigenvalue weighted by Gasteiger charge is -2.34. The molecule has 2 aliphatic carbocycles. The number of hydrogen-bond acceptors (Lipinski definition) is 10. The molecule has 4 aliphatic rings. The summed E-state index contributed by atoms with van der Waals surface area (Å²) in [4.78, 5) is 62.0. The molecule has 3 fully saturated rings. The van der Waals surface area contributed by atoms with Gasteiger partial charge in [-0.25, -0.2) is 13.2 Å². The topological polar surface area (TPSA) is 182 Å². The molecule has 2 saturated carbocycles. The highest BCUT2D eigenvalue weighted by Gasteiger charge is 2.62. The van der Waals surface area contributed by atoms with Gasteiger partial charge >= 0.3 is 12.3 Å². The van der Waals surface area contributed by atoms with E-state index in [1.54, 1.807) is 37.3 Å². The van der Waals surface area contributed by atoms with Gasteiger partial charge in [0.1, 0.15) is 23.7 Å². The summed E-state index contributed by atoms with van der Waals surface area (Å²) in [5.74, 6) is -3.43. The van der Waals surface area contributed by atoms with Crippen LogP contribution in [-0.4, -0.2) is 96.0 Å². The Morgan fingerprint density at radius 1 is 1.10 bits per heavy atom. The van der Waals surface area contributed by atoms with E-state index in [2.05, 4.69) is 20.3 Å². The van der Waals surface area contributed by atoms with Crippen LogP contribution in [0.25, 0.3) is 10.8 Å². The van der Waals surface area contributed by atoms with Crippen LogP contribution >= 0.6 is 11.6 Å². The van der Waals surface area contributed by atoms with Gasteiger partial charge in [-0.15, -0.1) is 0 Å². The van der Waals surface area contributed by atoms with E-state index in [9.17, 15) is 40.8 Å². The Balaban J connectivity index is 1.37. The Hall–Kier alpha value is -4.32. The molecule has 324 valence electrons. The molecule has 3 heterocycles. The molecule has 6 rings (SSSR count). The molecule has 14 nitrogen and oxygen atoms in total. The summed E-state index contributed by atoms with van der Waals surface area (Å²) in [6.07, 6.45) is -0.751. The summed E-state index contributed by atoms with van der Waals surface area (Å²) >= 11 is 6.55. The van der Waals surface area contributed by atoms with Crippen LogP contribution in [0.2, 0.25) is 5.02 Å². The number of ether oxygens (including phenoxy) is 3. The van der Waals surface area contributed by atoms with Crippen molar-refractivity contribution in [3.8, 4) is 11.8 Å². The molecular weight excluding hydrogens is 819 g/mol. The summed E-state index contributed by atoms with van der Waals surface area (Å²) in [5, 5.41) is 5.93. The van der Waals surface area contributed by atoms with Gasteiger partial charge < -0.3 is 29.7 Å². The van der Waals surface area contributed by atoms with Crippen LogP contribution in [-0.2, 0) is 29.1 Å². The maximum atomic E-state index is 14.8. The van der Waals surface area contributed by atoms with Crippen LogP contribution in [0.3, 0.4) is 0 Å². The second-order valence-corrected chi connectivity index (χ2v) is 19.1. The minimum Gasteiger partial charge on any atom is -0.478 e. The molecule has 2 aromatic rings. The number of carbonyl (C=O) groups is 4. The molecule has 1 unspecified atom stereocenters. The molecule has 2 aliphatic heterocycles. The van der Waals surface area contributed by atoms with Crippen molar-refractivity contribution in [1.82, 2.24) is 25.2 Å². The number of aromatic nitrogens is 1. The van der Waals surface area contributed by atoms with E-state index in [1.807, 2.05) is 19.9 Å². The van der Waals surface area contributed by atoms with E-state index in [0.29, 0.717) is 74.8 Å². The van der Waals surface area contributed by atoms with E-state index >= 15 is 0 Å². The number of allylic oxidation sites excluding steroid dienone is 1. The number of carbonyl (C=O) groups excluding carboxylic acids is 4. The molecule has 4 amide bonds. The van der Waals surface area contributed by atoms with Crippen LogP contribution < -0.4 is 24.8 Å². The average molecular weight is 870 g/mol. The summed E-state index contributed by atoms with van der Waals surface area (Å²) in [7, 11) is -3.99. The van der Waals surface area contributed by atoms with Crippen molar-refractivity contribution in [2.24, 2.45) is 17.8 Å². The van der Waals surface area contributed by atoms with Gasteiger partial charge in [-0.3, -0.25) is 19.1 Å². The predicted molar refractivity (Wildman–Crippen MR) is 211 cm³/mol. The quantitative estimate of drug-likeness (QED) is 0.241. The molecule has 1 aromatic carbocycles. The first-order valence-electron chi connectivity index (χ1n) is 20.0. The van der Waals surface area contributed by atoms with E-state index in [1.165, 1.54) is 4.90 Å². The Morgan fingerprint density at radius 2 is 1.83 bits per heavy atom. The number of benzene rings is 1. The van der Waals surface area contributed by atoms with Crippen molar-refractivity contribution in [2.75, 3.05) is 13.2 Å². The number of fused-ring (bicyclic) bond motifs is 3. The molecule has 1 saturated heterocycles. The monoisotopic (exact) mass is 869 g/mol. The van der Waals surface area contributed by atoms with Crippen LogP contribution in [0.1, 0.15) is 86.0 Å². The van der Waals surface area contributed by atoms with Crippen LogP contribution in [0.15, 0.2) is 36.4 Å². The maximum Gasteiger partial charge on any atom is 0.427 e. The molecule has 59 heavy (non-hydrogen) atoms. The first-order chi connectivity index (χ1) is 27.7. The smallest absolute Gasteiger partial charge is 0.427 e. The van der Waals surface area contributed by atoms with Crippen LogP contribution in [0.5, 0.6) is 11.8 Å². The zero-order valence-electron chi connectivity index (χ0n) is 33.6. The normalized spacial score (nSPS) is 28.6. The molecule has 19 heteroatoms. The zero-order chi connectivity index (χ0) is 43.1. The lowest BCUT2D eigenvalue weighted by atomic mass is 9.88. The number of sulfonamides is 1. The van der Waals surface area contributed by atoms with Gasteiger partial charge in [0.05, 0.1) is 18.4 Å². The maximum absolute atomic E-state index is 14.8. The molecule has 7 atom stereocenters. The lowest BCUT2D eigenvalue weighted by Crippen LogP contribution is -2.59. The number of rotatable bonds is 10. The van der Waals surface area contributed by atoms with Gasteiger partial charge in [0, 0.05) is 34.2 Å². The Kier molecular flexibility index (Phi) is 12.7. The highest BCUT2D eigenvalue weighted by Crippen LogP contribution is 2.46. The molecular formula is C40H51ClF3N5O9S. The van der Waals surface area contributed by atoms with E-state index in [0.717, 1.165) is 0 Å². The number of hydrogen-bond donors (Lipinski definition) is 3. The Labute approximate surface area is 346 Å². The minimum atomic E-state index is -4.92. The summed E-state index contributed by atoms with van der Waals surface area (Å²) in [5.41, 5.74) is -4.54. The van der Waals surface area contributed by atoms with E-state index < -0.39 is 86.4 Å². The van der Waals surface area contributed by atoms with Gasteiger partial charge in [0.15, 0.2) is 0 Å². The van der Waals surface area contributed by atoms with Gasteiger partial charge in [-0.2, -0.15) is 18.2 Å². The highest BCUT2D eigenvalue weighted by atomic mass is 35.5. The van der Waals surface area contributed by atoms with Crippen molar-refractivity contribution in [3.05, 3.63) is 41.4 Å². The third kappa shape index (κ3) is 9.84. The lowest BCUT2D eigenvalue weighted by molar-refractivity contribution is -0.244. The number of alkyl halides is 3. The summed E-state index contributed by atoms with van der Waals surface area (Å²) in [6.45, 7) is 7.01. The minimum absolute atomic E-state index is 0.0472. The standard InChI is InChI=1S/C40H51ClF3N5O9S/c1-6-16-56-31-19-28-27(12-9-13-29(28)41)34(45-31)57-25-18-30-33(50)47-39(36(52)48-59(54,55)26-14-15-26)20-24(39)11-8-7-10-22(2)17-23(3)32(35(51)49(30)21-25)46-37(53)58-38(4,5)40(42,43)44/h8-9,11-13,19,22-26,30,32H,6-7,10,14-18,20-21H2,1-5H3,(H,46,53)(H,47,50)(H,48,52)/b11-8-/t22-,23+,24?,25+,30-,32-,39+/m0/s1. The second kappa shape index (κ2) is 17.0. The fourth-order valence-electron chi connectivity index (χ4n) is 7.66.